The third kappa shape index (κ3) is 2.01. The first-order valence-corrected chi connectivity index (χ1v) is 5.63. The predicted molar refractivity (Wildman–Crippen MR) is 61.2 cm³/mol. The number of amides is 1. The molecule has 1 aliphatic heterocycles. The predicted octanol–water partition coefficient (Wildman–Crippen LogP) is 1.37. The molecule has 1 amide bonds. The van der Waals surface area contributed by atoms with E-state index in [1.807, 2.05) is 17.9 Å². The number of aromatic nitrogens is 1. The van der Waals surface area contributed by atoms with Gasteiger partial charge in [0, 0.05) is 18.3 Å². The maximum absolute atomic E-state index is 11.1. The van der Waals surface area contributed by atoms with E-state index in [0.717, 1.165) is 43.5 Å². The highest BCUT2D eigenvalue weighted by Crippen LogP contribution is 2.30. The average Bonchev–Trinajstić information content (AvgIpc) is 2.29. The van der Waals surface area contributed by atoms with Gasteiger partial charge in [0.2, 0.25) is 12.0 Å². The maximum Gasteiger partial charge on any atom is 0.248 e. The highest BCUT2D eigenvalue weighted by Gasteiger charge is 2.23. The summed E-state index contributed by atoms with van der Waals surface area (Å²) >= 11 is 0. The van der Waals surface area contributed by atoms with Crippen molar-refractivity contribution in [3.63, 3.8) is 0 Å². The van der Waals surface area contributed by atoms with Gasteiger partial charge in [0.15, 0.2) is 0 Å². The van der Waals surface area contributed by atoms with E-state index < -0.39 is 0 Å². The third-order valence-corrected chi connectivity index (χ3v) is 3.20. The number of aryl methyl sites for hydroxylation is 1. The topological polar surface area (TPSA) is 53.2 Å². The first-order chi connectivity index (χ1) is 7.72. The molecule has 16 heavy (non-hydrogen) atoms. The van der Waals surface area contributed by atoms with E-state index in [1.54, 1.807) is 0 Å². The fraction of sp³-hybridized carbons (Fsp3) is 0.500. The van der Waals surface area contributed by atoms with Crippen molar-refractivity contribution >= 4 is 6.41 Å². The number of carbonyl (C=O) groups excluding carboxylic acids is 1. The lowest BCUT2D eigenvalue weighted by atomic mass is 9.95. The second-order valence-electron chi connectivity index (χ2n) is 4.26. The normalized spacial score (nSPS) is 20.8. The molecule has 0 unspecified atom stereocenters. The second-order valence-corrected chi connectivity index (χ2v) is 4.26. The Kier molecular flexibility index (Phi) is 3.08. The van der Waals surface area contributed by atoms with Crippen molar-refractivity contribution in [2.75, 3.05) is 6.54 Å². The molecule has 0 saturated carbocycles. The Hall–Kier alpha value is -1.58. The van der Waals surface area contributed by atoms with Crippen LogP contribution in [0.2, 0.25) is 0 Å². The number of piperidine rings is 1. The molecule has 1 aromatic rings. The van der Waals surface area contributed by atoms with Crippen LogP contribution in [0, 0.1) is 6.92 Å². The van der Waals surface area contributed by atoms with Crippen molar-refractivity contribution < 1.29 is 4.79 Å². The maximum atomic E-state index is 11.1. The molecule has 0 aromatic carbocycles. The largest absolute Gasteiger partial charge is 0.338 e. The summed E-state index contributed by atoms with van der Waals surface area (Å²) in [5, 5.41) is 0. The molecule has 0 bridgehead atoms. The van der Waals surface area contributed by atoms with Gasteiger partial charge < -0.3 is 9.88 Å². The van der Waals surface area contributed by atoms with Gasteiger partial charge in [-0.15, -0.1) is 0 Å². The van der Waals surface area contributed by atoms with E-state index >= 15 is 0 Å². The average molecular weight is 220 g/mol. The summed E-state index contributed by atoms with van der Waals surface area (Å²) in [6.07, 6.45) is 4.09. The van der Waals surface area contributed by atoms with E-state index in [1.165, 1.54) is 6.07 Å². The molecule has 0 aliphatic carbocycles. The third-order valence-electron chi connectivity index (χ3n) is 3.20. The lowest BCUT2D eigenvalue weighted by molar-refractivity contribution is -0.121. The zero-order valence-electron chi connectivity index (χ0n) is 9.40. The standard InChI is InChI=1S/C12H16N2O2/c1-9-10(5-6-12(16)13-9)11-4-2-3-7-14(11)8-15/h5-6,8,11H,2-4,7H2,1H3,(H,13,16)/t11-/m0/s1. The van der Waals surface area contributed by atoms with Crippen molar-refractivity contribution in [3.05, 3.63) is 33.7 Å². The fourth-order valence-electron chi connectivity index (χ4n) is 2.36. The minimum absolute atomic E-state index is 0.0882. The first kappa shape index (κ1) is 10.9. The lowest BCUT2D eigenvalue weighted by Gasteiger charge is -2.33. The smallest absolute Gasteiger partial charge is 0.248 e. The van der Waals surface area contributed by atoms with Gasteiger partial charge in [0.1, 0.15) is 0 Å². The van der Waals surface area contributed by atoms with Crippen LogP contribution in [0.3, 0.4) is 0 Å². The molecule has 1 N–H and O–H groups in total. The van der Waals surface area contributed by atoms with Crippen molar-refractivity contribution in [1.29, 1.82) is 0 Å². The fourth-order valence-corrected chi connectivity index (χ4v) is 2.36. The van der Waals surface area contributed by atoms with Crippen LogP contribution in [0.25, 0.3) is 0 Å². The summed E-state index contributed by atoms with van der Waals surface area (Å²) in [7, 11) is 0. The number of nitrogens with zero attached hydrogens (tertiary/aromatic N) is 1. The Balaban J connectivity index is 2.34. The minimum atomic E-state index is -0.0882. The number of aromatic amines is 1. The molecule has 2 rings (SSSR count). The molecular formula is C12H16N2O2. The van der Waals surface area contributed by atoms with Crippen molar-refractivity contribution in [3.8, 4) is 0 Å². The van der Waals surface area contributed by atoms with Crippen LogP contribution in [0.15, 0.2) is 16.9 Å². The molecule has 1 saturated heterocycles. The van der Waals surface area contributed by atoms with Crippen LogP contribution < -0.4 is 5.56 Å². The van der Waals surface area contributed by atoms with Crippen molar-refractivity contribution in [1.82, 2.24) is 9.88 Å². The SMILES string of the molecule is Cc1[nH]c(=O)ccc1[C@@H]1CCCCN1C=O. The molecule has 0 radical (unpaired) electrons. The zero-order valence-corrected chi connectivity index (χ0v) is 9.40. The van der Waals surface area contributed by atoms with Gasteiger partial charge in [-0.3, -0.25) is 9.59 Å². The van der Waals surface area contributed by atoms with E-state index in [9.17, 15) is 9.59 Å². The van der Waals surface area contributed by atoms with Gasteiger partial charge in [-0.25, -0.2) is 0 Å². The summed E-state index contributed by atoms with van der Waals surface area (Å²) in [5.41, 5.74) is 1.84. The summed E-state index contributed by atoms with van der Waals surface area (Å²) in [4.78, 5) is 26.7. The monoisotopic (exact) mass is 220 g/mol. The van der Waals surface area contributed by atoms with Gasteiger partial charge in [-0.05, 0) is 37.8 Å². The quantitative estimate of drug-likeness (QED) is 0.765. The summed E-state index contributed by atoms with van der Waals surface area (Å²) in [5.74, 6) is 0. The molecule has 4 nitrogen and oxygen atoms in total. The van der Waals surface area contributed by atoms with Crippen LogP contribution in [0.1, 0.15) is 36.6 Å². The van der Waals surface area contributed by atoms with E-state index in [-0.39, 0.29) is 11.6 Å². The van der Waals surface area contributed by atoms with E-state index in [4.69, 9.17) is 0 Å². The number of rotatable bonds is 2. The van der Waals surface area contributed by atoms with Crippen LogP contribution in [-0.2, 0) is 4.79 Å². The van der Waals surface area contributed by atoms with Gasteiger partial charge >= 0.3 is 0 Å². The number of likely N-dealkylation sites (tertiary alicyclic amines) is 1. The number of hydrogen-bond donors (Lipinski definition) is 1. The van der Waals surface area contributed by atoms with Crippen molar-refractivity contribution in [2.45, 2.75) is 32.2 Å². The Morgan fingerprint density at radius 3 is 2.94 bits per heavy atom. The molecule has 0 spiro atoms. The highest BCUT2D eigenvalue weighted by atomic mass is 16.1. The van der Waals surface area contributed by atoms with Crippen LogP contribution in [0.4, 0.5) is 0 Å². The molecule has 1 aromatic heterocycles. The van der Waals surface area contributed by atoms with Crippen LogP contribution in [0.5, 0.6) is 0 Å². The molecule has 86 valence electrons. The van der Waals surface area contributed by atoms with Crippen LogP contribution >= 0.6 is 0 Å². The summed E-state index contributed by atoms with van der Waals surface area (Å²) in [6, 6.07) is 3.49. The number of nitrogens with one attached hydrogen (secondary N) is 1. The zero-order chi connectivity index (χ0) is 11.5. The molecule has 1 aliphatic rings. The Morgan fingerprint density at radius 1 is 1.44 bits per heavy atom. The second kappa shape index (κ2) is 4.51. The van der Waals surface area contributed by atoms with Gasteiger partial charge in [0.25, 0.3) is 0 Å². The number of carbonyl (C=O) groups is 1. The summed E-state index contributed by atoms with van der Waals surface area (Å²) < 4.78 is 0. The molecule has 4 heteroatoms. The van der Waals surface area contributed by atoms with Crippen LogP contribution in [-0.4, -0.2) is 22.8 Å². The highest BCUT2D eigenvalue weighted by molar-refractivity contribution is 5.49. The Bertz CT molecular complexity index is 439. The van der Waals surface area contributed by atoms with Gasteiger partial charge in [-0.1, -0.05) is 0 Å². The number of pyridine rings is 1. The summed E-state index contributed by atoms with van der Waals surface area (Å²) in [6.45, 7) is 2.70. The van der Waals surface area contributed by atoms with Gasteiger partial charge in [0.05, 0.1) is 6.04 Å². The minimum Gasteiger partial charge on any atom is -0.338 e. The van der Waals surface area contributed by atoms with Crippen molar-refractivity contribution in [2.24, 2.45) is 0 Å². The molecule has 1 atom stereocenters. The molecular weight excluding hydrogens is 204 g/mol. The Morgan fingerprint density at radius 2 is 2.25 bits per heavy atom. The molecule has 1 fully saturated rings. The lowest BCUT2D eigenvalue weighted by Crippen LogP contribution is -2.33. The number of hydrogen-bond acceptors (Lipinski definition) is 2. The molecule has 2 heterocycles. The van der Waals surface area contributed by atoms with Gasteiger partial charge in [-0.2, -0.15) is 0 Å². The first-order valence-electron chi connectivity index (χ1n) is 5.63. The van der Waals surface area contributed by atoms with E-state index in [2.05, 4.69) is 4.98 Å². The Labute approximate surface area is 94.3 Å². The van der Waals surface area contributed by atoms with E-state index in [0.29, 0.717) is 0 Å². The number of H-pyrrole nitrogens is 1.